The fourth-order valence-electron chi connectivity index (χ4n) is 0.994. The van der Waals surface area contributed by atoms with Crippen LogP contribution in [0.4, 0.5) is 4.79 Å². The molecule has 1 unspecified atom stereocenters. The summed E-state index contributed by atoms with van der Waals surface area (Å²) in [4.78, 5) is 22.8. The Bertz CT molecular complexity index is 261. The van der Waals surface area contributed by atoms with E-state index in [1.165, 1.54) is 0 Å². The summed E-state index contributed by atoms with van der Waals surface area (Å²) in [5, 5.41) is 13.6. The maximum absolute atomic E-state index is 11.5. The van der Waals surface area contributed by atoms with Crippen molar-refractivity contribution in [1.82, 2.24) is 10.6 Å². The first-order valence-electron chi connectivity index (χ1n) is 5.64. The van der Waals surface area contributed by atoms with Crippen LogP contribution in [0.25, 0.3) is 0 Å². The van der Waals surface area contributed by atoms with Crippen LogP contribution in [0.1, 0.15) is 34.1 Å². The number of hydrogen-bond acceptors (Lipinski definition) is 4. The second-order valence-corrected chi connectivity index (χ2v) is 4.74. The van der Waals surface area contributed by atoms with Gasteiger partial charge in [0.25, 0.3) is 0 Å². The van der Waals surface area contributed by atoms with Crippen molar-refractivity contribution < 1.29 is 19.4 Å². The zero-order valence-electron chi connectivity index (χ0n) is 10.9. The molecule has 6 heteroatoms. The molecule has 0 bridgehead atoms. The molecular formula is C11H22N2O4. The van der Waals surface area contributed by atoms with Crippen molar-refractivity contribution in [3.63, 3.8) is 0 Å². The van der Waals surface area contributed by atoms with Gasteiger partial charge in [0.15, 0.2) is 0 Å². The van der Waals surface area contributed by atoms with Crippen molar-refractivity contribution in [2.24, 2.45) is 0 Å². The highest BCUT2D eigenvalue weighted by molar-refractivity contribution is 5.85. The highest BCUT2D eigenvalue weighted by Crippen LogP contribution is 2.06. The average Bonchev–Trinajstić information content (AvgIpc) is 2.14. The lowest BCUT2D eigenvalue weighted by atomic mass is 10.2. The van der Waals surface area contributed by atoms with Crippen LogP contribution >= 0.6 is 0 Å². The fraction of sp³-hybridized carbons (Fsp3) is 0.818. The Kier molecular flexibility index (Phi) is 6.57. The molecule has 0 aromatic carbocycles. The van der Waals surface area contributed by atoms with E-state index in [1.54, 1.807) is 27.7 Å². The molecule has 0 spiro atoms. The Labute approximate surface area is 102 Å². The lowest BCUT2D eigenvalue weighted by Gasteiger charge is -2.21. The van der Waals surface area contributed by atoms with Gasteiger partial charge in [0, 0.05) is 13.2 Å². The van der Waals surface area contributed by atoms with Gasteiger partial charge < -0.3 is 20.5 Å². The molecule has 0 saturated carbocycles. The van der Waals surface area contributed by atoms with Gasteiger partial charge in [-0.1, -0.05) is 0 Å². The molecule has 1 atom stereocenters. The molecule has 0 rings (SSSR count). The van der Waals surface area contributed by atoms with Crippen LogP contribution in [0.15, 0.2) is 0 Å². The molecule has 0 heterocycles. The third-order valence-corrected chi connectivity index (χ3v) is 1.76. The predicted molar refractivity (Wildman–Crippen MR) is 63.5 cm³/mol. The molecule has 0 aliphatic rings. The van der Waals surface area contributed by atoms with Crippen LogP contribution in [-0.4, -0.2) is 41.9 Å². The number of rotatable bonds is 5. The summed E-state index contributed by atoms with van der Waals surface area (Å²) in [6, 6.07) is -0.663. The minimum atomic E-state index is -0.663. The monoisotopic (exact) mass is 246 g/mol. The van der Waals surface area contributed by atoms with Crippen LogP contribution in [0, 0.1) is 0 Å². The van der Waals surface area contributed by atoms with Gasteiger partial charge in [-0.15, -0.1) is 0 Å². The highest BCUT2D eigenvalue weighted by Gasteiger charge is 2.20. The molecule has 3 N–H and O–H groups in total. The number of ether oxygens (including phenoxy) is 1. The van der Waals surface area contributed by atoms with Crippen molar-refractivity contribution in [3.8, 4) is 0 Å². The SMILES string of the molecule is CC(NC(=O)OC(C)(C)C)C(=O)NCCCO. The van der Waals surface area contributed by atoms with E-state index in [4.69, 9.17) is 9.84 Å². The summed E-state index contributed by atoms with van der Waals surface area (Å²) in [7, 11) is 0. The molecule has 0 radical (unpaired) electrons. The van der Waals surface area contributed by atoms with E-state index in [9.17, 15) is 9.59 Å². The highest BCUT2D eigenvalue weighted by atomic mass is 16.6. The maximum atomic E-state index is 11.5. The first-order chi connectivity index (χ1) is 7.76. The van der Waals surface area contributed by atoms with Crippen molar-refractivity contribution in [3.05, 3.63) is 0 Å². The van der Waals surface area contributed by atoms with Crippen molar-refractivity contribution >= 4 is 12.0 Å². The van der Waals surface area contributed by atoms with E-state index in [0.29, 0.717) is 13.0 Å². The molecule has 0 fully saturated rings. The molecule has 6 nitrogen and oxygen atoms in total. The van der Waals surface area contributed by atoms with Gasteiger partial charge in [-0.25, -0.2) is 4.79 Å². The lowest BCUT2D eigenvalue weighted by Crippen LogP contribution is -2.46. The zero-order valence-corrected chi connectivity index (χ0v) is 10.9. The molecule has 0 saturated heterocycles. The van der Waals surface area contributed by atoms with Crippen LogP contribution in [-0.2, 0) is 9.53 Å². The minimum absolute atomic E-state index is 0.0220. The Morgan fingerprint density at radius 3 is 2.41 bits per heavy atom. The number of carbonyl (C=O) groups excluding carboxylic acids is 2. The van der Waals surface area contributed by atoms with E-state index in [-0.39, 0.29) is 12.5 Å². The first kappa shape index (κ1) is 15.7. The van der Waals surface area contributed by atoms with E-state index in [2.05, 4.69) is 10.6 Å². The largest absolute Gasteiger partial charge is 0.444 e. The van der Waals surface area contributed by atoms with Crippen molar-refractivity contribution in [2.75, 3.05) is 13.2 Å². The van der Waals surface area contributed by atoms with E-state index in [0.717, 1.165) is 0 Å². The standard InChI is InChI=1S/C11H22N2O4/c1-8(9(15)12-6-5-7-14)13-10(16)17-11(2,3)4/h8,14H,5-7H2,1-4H3,(H,12,15)(H,13,16). The number of aliphatic hydroxyl groups is 1. The third-order valence-electron chi connectivity index (χ3n) is 1.76. The number of hydrogen-bond donors (Lipinski definition) is 3. The van der Waals surface area contributed by atoms with Gasteiger partial charge in [-0.05, 0) is 34.1 Å². The molecule has 0 aromatic rings. The van der Waals surface area contributed by atoms with Crippen LogP contribution in [0.3, 0.4) is 0 Å². The summed E-state index contributed by atoms with van der Waals surface area (Å²) in [6.07, 6.45) is -0.132. The second-order valence-electron chi connectivity index (χ2n) is 4.74. The van der Waals surface area contributed by atoms with Gasteiger partial charge in [0.2, 0.25) is 5.91 Å². The summed E-state index contributed by atoms with van der Waals surface area (Å²) in [5.41, 5.74) is -0.586. The molecule has 100 valence electrons. The van der Waals surface area contributed by atoms with Gasteiger partial charge in [0.05, 0.1) is 0 Å². The molecule has 0 aromatic heterocycles. The molecule has 0 aliphatic heterocycles. The molecular weight excluding hydrogens is 224 g/mol. The smallest absolute Gasteiger partial charge is 0.408 e. The number of amides is 2. The molecule has 2 amide bonds. The van der Waals surface area contributed by atoms with E-state index >= 15 is 0 Å². The van der Waals surface area contributed by atoms with Crippen molar-refractivity contribution in [1.29, 1.82) is 0 Å². The van der Waals surface area contributed by atoms with Crippen LogP contribution < -0.4 is 10.6 Å². The Morgan fingerprint density at radius 1 is 1.35 bits per heavy atom. The van der Waals surface area contributed by atoms with Crippen molar-refractivity contribution in [2.45, 2.75) is 45.8 Å². The third kappa shape index (κ3) is 8.50. The average molecular weight is 246 g/mol. The lowest BCUT2D eigenvalue weighted by molar-refractivity contribution is -0.122. The second kappa shape index (κ2) is 7.11. The summed E-state index contributed by atoms with van der Waals surface area (Å²) in [5.74, 6) is -0.302. The number of carbonyl (C=O) groups is 2. The Hall–Kier alpha value is -1.30. The quantitative estimate of drug-likeness (QED) is 0.613. The van der Waals surface area contributed by atoms with Gasteiger partial charge in [-0.3, -0.25) is 4.79 Å². The van der Waals surface area contributed by atoms with E-state index in [1.807, 2.05) is 0 Å². The van der Waals surface area contributed by atoms with Gasteiger partial charge in [0.1, 0.15) is 11.6 Å². The first-order valence-corrected chi connectivity index (χ1v) is 5.64. The summed E-state index contributed by atoms with van der Waals surface area (Å²) in [6.45, 7) is 7.22. The number of alkyl carbamates (subject to hydrolysis) is 1. The molecule has 17 heavy (non-hydrogen) atoms. The van der Waals surface area contributed by atoms with Crippen LogP contribution in [0.2, 0.25) is 0 Å². The topological polar surface area (TPSA) is 87.7 Å². The predicted octanol–water partition coefficient (Wildman–Crippen LogP) is 0.398. The summed E-state index contributed by atoms with van der Waals surface area (Å²) < 4.78 is 5.01. The minimum Gasteiger partial charge on any atom is -0.444 e. The van der Waals surface area contributed by atoms with Gasteiger partial charge in [-0.2, -0.15) is 0 Å². The molecule has 0 aliphatic carbocycles. The van der Waals surface area contributed by atoms with Gasteiger partial charge >= 0.3 is 6.09 Å². The summed E-state index contributed by atoms with van der Waals surface area (Å²) >= 11 is 0. The van der Waals surface area contributed by atoms with Crippen LogP contribution in [0.5, 0.6) is 0 Å². The number of nitrogens with one attached hydrogen (secondary N) is 2. The zero-order chi connectivity index (χ0) is 13.5. The fourth-order valence-corrected chi connectivity index (χ4v) is 0.994. The number of aliphatic hydroxyl groups excluding tert-OH is 1. The van der Waals surface area contributed by atoms with E-state index < -0.39 is 17.7 Å². The Balaban J connectivity index is 3.95. The Morgan fingerprint density at radius 2 is 1.94 bits per heavy atom. The maximum Gasteiger partial charge on any atom is 0.408 e. The normalized spacial score (nSPS) is 12.8.